The van der Waals surface area contributed by atoms with Crippen molar-refractivity contribution in [3.05, 3.63) is 29.8 Å². The summed E-state index contributed by atoms with van der Waals surface area (Å²) in [5, 5.41) is 13.4. The number of carbonyl (C=O) groups excluding carboxylic acids is 1. The number of nitrogens with one attached hydrogen (secondary N) is 2. The average molecular weight is 432 g/mol. The quantitative estimate of drug-likeness (QED) is 0.664. The summed E-state index contributed by atoms with van der Waals surface area (Å²) in [6.07, 6.45) is -2.66. The Morgan fingerprint density at radius 2 is 1.86 bits per heavy atom. The lowest BCUT2D eigenvalue weighted by molar-refractivity contribution is -0.139. The summed E-state index contributed by atoms with van der Waals surface area (Å²) < 4.78 is 67.1. The van der Waals surface area contributed by atoms with E-state index < -0.39 is 43.7 Å². The molecule has 4 saturated carbocycles. The molecule has 5 rings (SSSR count). The SMILES string of the molecule is CC(C)(NS(=O)(=O)c1ccccc1C(F)(F)F)C(=O)NC1C2CC3(O)CC2CC13. The topological polar surface area (TPSA) is 95.5 Å². The number of aliphatic hydroxyl groups is 1. The van der Waals surface area contributed by atoms with Crippen molar-refractivity contribution in [2.24, 2.45) is 17.8 Å². The first-order chi connectivity index (χ1) is 13.2. The van der Waals surface area contributed by atoms with Gasteiger partial charge in [0, 0.05) is 12.0 Å². The highest BCUT2D eigenvalue weighted by Gasteiger charge is 2.68. The first-order valence-electron chi connectivity index (χ1n) is 9.48. The number of rotatable bonds is 5. The number of carbonyl (C=O) groups is 1. The standard InChI is InChI=1S/C19H23F3N2O4S/c1-17(2,16(25)23-15-11-9-18(26)8-10(11)7-13(15)18)24-29(27,28)14-6-4-3-5-12(14)19(20,21)22/h3-6,10-11,13,15,24,26H,7-9H2,1-2H3,(H,23,25). The highest BCUT2D eigenvalue weighted by molar-refractivity contribution is 7.89. The molecule has 1 aromatic rings. The van der Waals surface area contributed by atoms with Crippen LogP contribution >= 0.6 is 0 Å². The van der Waals surface area contributed by atoms with Crippen molar-refractivity contribution in [3.63, 3.8) is 0 Å². The molecular formula is C19H23F3N2O4S. The molecule has 4 aliphatic rings. The minimum absolute atomic E-state index is 0.0557. The number of halogens is 3. The van der Waals surface area contributed by atoms with Crippen LogP contribution in [0.3, 0.4) is 0 Å². The van der Waals surface area contributed by atoms with E-state index in [0.717, 1.165) is 25.0 Å². The van der Waals surface area contributed by atoms with Crippen LogP contribution in [-0.4, -0.2) is 36.6 Å². The number of amides is 1. The fourth-order valence-electron chi connectivity index (χ4n) is 5.48. The largest absolute Gasteiger partial charge is 0.417 e. The molecule has 0 saturated heterocycles. The molecule has 3 N–H and O–H groups in total. The molecule has 0 spiro atoms. The second-order valence-electron chi connectivity index (χ2n) is 9.00. The van der Waals surface area contributed by atoms with Gasteiger partial charge in [-0.15, -0.1) is 0 Å². The van der Waals surface area contributed by atoms with E-state index >= 15 is 0 Å². The van der Waals surface area contributed by atoms with Gasteiger partial charge in [0.15, 0.2) is 0 Å². The van der Waals surface area contributed by atoms with E-state index in [1.807, 2.05) is 0 Å². The van der Waals surface area contributed by atoms with E-state index in [4.69, 9.17) is 0 Å². The van der Waals surface area contributed by atoms with Crippen molar-refractivity contribution in [2.75, 3.05) is 0 Å². The van der Waals surface area contributed by atoms with Crippen molar-refractivity contribution in [1.82, 2.24) is 10.0 Å². The molecule has 0 aliphatic heterocycles. The molecule has 10 heteroatoms. The lowest BCUT2D eigenvalue weighted by Gasteiger charge is -2.31. The Morgan fingerprint density at radius 3 is 2.38 bits per heavy atom. The van der Waals surface area contributed by atoms with E-state index in [9.17, 15) is 31.5 Å². The zero-order chi connectivity index (χ0) is 21.4. The Balaban J connectivity index is 1.52. The minimum atomic E-state index is -4.85. The van der Waals surface area contributed by atoms with Crippen LogP contribution in [0.5, 0.6) is 0 Å². The first kappa shape index (κ1) is 20.6. The molecule has 0 heterocycles. The maximum atomic E-state index is 13.2. The summed E-state index contributed by atoms with van der Waals surface area (Å²) >= 11 is 0. The Kier molecular flexibility index (Phi) is 4.39. The van der Waals surface area contributed by atoms with Crippen LogP contribution in [0.1, 0.15) is 38.7 Å². The van der Waals surface area contributed by atoms with Gasteiger partial charge >= 0.3 is 6.18 Å². The van der Waals surface area contributed by atoms with Gasteiger partial charge in [-0.2, -0.15) is 17.9 Å². The van der Waals surface area contributed by atoms with Gasteiger partial charge in [-0.05, 0) is 57.1 Å². The maximum Gasteiger partial charge on any atom is 0.417 e. The Morgan fingerprint density at radius 1 is 1.21 bits per heavy atom. The summed E-state index contributed by atoms with van der Waals surface area (Å²) in [6, 6.07) is 3.60. The second-order valence-corrected chi connectivity index (χ2v) is 10.7. The summed E-state index contributed by atoms with van der Waals surface area (Å²) in [5.41, 5.74) is -3.73. The third-order valence-electron chi connectivity index (χ3n) is 6.69. The molecule has 4 aliphatic carbocycles. The normalized spacial score (nSPS) is 33.4. The highest BCUT2D eigenvalue weighted by Crippen LogP contribution is 2.65. The molecule has 5 atom stereocenters. The molecule has 1 aromatic carbocycles. The van der Waals surface area contributed by atoms with Gasteiger partial charge in [-0.1, -0.05) is 12.1 Å². The van der Waals surface area contributed by atoms with Gasteiger partial charge in [0.05, 0.1) is 16.1 Å². The van der Waals surface area contributed by atoms with Crippen molar-refractivity contribution in [1.29, 1.82) is 0 Å². The smallest absolute Gasteiger partial charge is 0.389 e. The fourth-order valence-corrected chi connectivity index (χ4v) is 7.09. The molecule has 5 unspecified atom stereocenters. The molecule has 0 radical (unpaired) electrons. The molecule has 160 valence electrons. The van der Waals surface area contributed by atoms with Crippen molar-refractivity contribution >= 4 is 15.9 Å². The second kappa shape index (κ2) is 6.18. The van der Waals surface area contributed by atoms with Crippen LogP contribution in [0, 0.1) is 17.8 Å². The number of sulfonamides is 1. The Labute approximate surface area is 166 Å². The molecule has 4 bridgehead atoms. The monoisotopic (exact) mass is 432 g/mol. The predicted molar refractivity (Wildman–Crippen MR) is 97.0 cm³/mol. The number of benzene rings is 1. The van der Waals surface area contributed by atoms with Crippen LogP contribution in [0.4, 0.5) is 13.2 Å². The zero-order valence-electron chi connectivity index (χ0n) is 16.0. The fraction of sp³-hybridized carbons (Fsp3) is 0.632. The van der Waals surface area contributed by atoms with Crippen LogP contribution in [-0.2, 0) is 21.0 Å². The van der Waals surface area contributed by atoms with Gasteiger partial charge in [-0.3, -0.25) is 4.79 Å². The van der Waals surface area contributed by atoms with Gasteiger partial charge in [0.2, 0.25) is 15.9 Å². The molecule has 0 aromatic heterocycles. The molecule has 6 nitrogen and oxygen atoms in total. The third kappa shape index (κ3) is 3.25. The van der Waals surface area contributed by atoms with Gasteiger partial charge < -0.3 is 10.4 Å². The van der Waals surface area contributed by atoms with Crippen LogP contribution in [0.2, 0.25) is 0 Å². The lowest BCUT2D eigenvalue weighted by Crippen LogP contribution is -2.58. The van der Waals surface area contributed by atoms with Crippen molar-refractivity contribution < 1.29 is 31.5 Å². The van der Waals surface area contributed by atoms with Gasteiger partial charge in [0.1, 0.15) is 5.54 Å². The minimum Gasteiger partial charge on any atom is -0.389 e. The van der Waals surface area contributed by atoms with Crippen LogP contribution in [0.25, 0.3) is 0 Å². The summed E-state index contributed by atoms with van der Waals surface area (Å²) in [4.78, 5) is 11.9. The average Bonchev–Trinajstić information content (AvgIpc) is 3.26. The maximum absolute atomic E-state index is 13.2. The Hall–Kier alpha value is -1.65. The van der Waals surface area contributed by atoms with Gasteiger partial charge in [0.25, 0.3) is 0 Å². The number of alkyl halides is 3. The molecule has 29 heavy (non-hydrogen) atoms. The van der Waals surface area contributed by atoms with E-state index in [2.05, 4.69) is 10.0 Å². The summed E-state index contributed by atoms with van der Waals surface area (Å²) in [6.45, 7) is 2.62. The summed E-state index contributed by atoms with van der Waals surface area (Å²) in [7, 11) is -4.62. The molecular weight excluding hydrogens is 409 g/mol. The highest BCUT2D eigenvalue weighted by atomic mass is 32.2. The zero-order valence-corrected chi connectivity index (χ0v) is 16.8. The molecule has 4 fully saturated rings. The van der Waals surface area contributed by atoms with Crippen LogP contribution in [0.15, 0.2) is 29.2 Å². The number of hydrogen-bond acceptors (Lipinski definition) is 4. The van der Waals surface area contributed by atoms with Crippen LogP contribution < -0.4 is 10.0 Å². The van der Waals surface area contributed by atoms with E-state index in [1.165, 1.54) is 19.9 Å². The molecule has 1 amide bonds. The Bertz CT molecular complexity index is 962. The van der Waals surface area contributed by atoms with E-state index in [-0.39, 0.29) is 17.9 Å². The van der Waals surface area contributed by atoms with E-state index in [1.54, 1.807) is 0 Å². The number of hydrogen-bond donors (Lipinski definition) is 3. The first-order valence-corrected chi connectivity index (χ1v) is 11.0. The lowest BCUT2D eigenvalue weighted by atomic mass is 9.91. The van der Waals surface area contributed by atoms with Crippen molar-refractivity contribution in [2.45, 2.75) is 61.4 Å². The van der Waals surface area contributed by atoms with E-state index in [0.29, 0.717) is 18.4 Å². The third-order valence-corrected chi connectivity index (χ3v) is 8.40. The predicted octanol–water partition coefficient (Wildman–Crippen LogP) is 2.04. The summed E-state index contributed by atoms with van der Waals surface area (Å²) in [5.74, 6) is -0.168. The van der Waals surface area contributed by atoms with Crippen molar-refractivity contribution in [3.8, 4) is 0 Å². The van der Waals surface area contributed by atoms with Gasteiger partial charge in [-0.25, -0.2) is 8.42 Å².